The highest BCUT2D eigenvalue weighted by Crippen LogP contribution is 2.34. The summed E-state index contributed by atoms with van der Waals surface area (Å²) in [7, 11) is 0. The second kappa shape index (κ2) is 5.86. The molecule has 0 saturated carbocycles. The minimum absolute atomic E-state index is 0.215. The third kappa shape index (κ3) is 2.60. The predicted octanol–water partition coefficient (Wildman–Crippen LogP) is 6.38. The predicted molar refractivity (Wildman–Crippen MR) is 90.7 cm³/mol. The van der Waals surface area contributed by atoms with Crippen molar-refractivity contribution in [2.24, 2.45) is 0 Å². The summed E-state index contributed by atoms with van der Waals surface area (Å²) >= 11 is 30.5. The van der Waals surface area contributed by atoms with Gasteiger partial charge < -0.3 is 0 Å². The van der Waals surface area contributed by atoms with Crippen LogP contribution >= 0.6 is 58.0 Å². The Hall–Kier alpha value is -0.640. The lowest BCUT2D eigenvalue weighted by Crippen LogP contribution is -2.00. The summed E-state index contributed by atoms with van der Waals surface area (Å²) in [4.78, 5) is 4.47. The Morgan fingerprint density at radius 3 is 2.38 bits per heavy atom. The standard InChI is InChI=1S/C14H7Cl5N2/c15-6-13-20-10-4-8(17)9(18)5-12(10)21(13)11-3-1-2-7(16)14(11)19/h1-5H,6H2. The van der Waals surface area contributed by atoms with Gasteiger partial charge in [0.2, 0.25) is 0 Å². The average Bonchev–Trinajstić information content (AvgIpc) is 2.80. The summed E-state index contributed by atoms with van der Waals surface area (Å²) in [5.41, 5.74) is 2.15. The molecule has 0 amide bonds. The number of halogens is 5. The lowest BCUT2D eigenvalue weighted by molar-refractivity contribution is 0.982. The number of imidazole rings is 1. The molecule has 0 unspecified atom stereocenters. The third-order valence-corrected chi connectivity index (χ3v) is 4.83. The van der Waals surface area contributed by atoms with E-state index >= 15 is 0 Å². The average molecular weight is 380 g/mol. The molecule has 0 aliphatic rings. The van der Waals surface area contributed by atoms with Crippen LogP contribution in [0.25, 0.3) is 16.7 Å². The Balaban J connectivity index is 2.40. The minimum atomic E-state index is 0.215. The van der Waals surface area contributed by atoms with E-state index in [1.807, 2.05) is 16.7 Å². The Labute approximate surface area is 146 Å². The van der Waals surface area contributed by atoms with E-state index in [2.05, 4.69) is 4.98 Å². The molecular weight excluding hydrogens is 373 g/mol. The van der Waals surface area contributed by atoms with Crippen LogP contribution in [0.15, 0.2) is 30.3 Å². The fourth-order valence-electron chi connectivity index (χ4n) is 2.15. The Kier molecular flexibility index (Phi) is 4.26. The molecule has 0 aliphatic carbocycles. The van der Waals surface area contributed by atoms with Crippen LogP contribution in [0.5, 0.6) is 0 Å². The van der Waals surface area contributed by atoms with Gasteiger partial charge in [0, 0.05) is 0 Å². The van der Waals surface area contributed by atoms with Crippen LogP contribution < -0.4 is 0 Å². The maximum absolute atomic E-state index is 6.30. The topological polar surface area (TPSA) is 17.8 Å². The van der Waals surface area contributed by atoms with Gasteiger partial charge >= 0.3 is 0 Å². The maximum atomic E-state index is 6.30. The first-order valence-electron chi connectivity index (χ1n) is 5.89. The number of hydrogen-bond acceptors (Lipinski definition) is 1. The van der Waals surface area contributed by atoms with E-state index in [0.717, 1.165) is 5.52 Å². The van der Waals surface area contributed by atoms with Gasteiger partial charge in [-0.1, -0.05) is 52.5 Å². The van der Waals surface area contributed by atoms with Gasteiger partial charge in [0.1, 0.15) is 5.82 Å². The molecule has 0 aliphatic heterocycles. The third-order valence-electron chi connectivity index (χ3n) is 3.06. The summed E-state index contributed by atoms with van der Waals surface area (Å²) < 4.78 is 1.83. The van der Waals surface area contributed by atoms with Crippen molar-refractivity contribution in [2.45, 2.75) is 5.88 Å². The van der Waals surface area contributed by atoms with Crippen LogP contribution in [0.4, 0.5) is 0 Å². The molecule has 21 heavy (non-hydrogen) atoms. The van der Waals surface area contributed by atoms with E-state index in [0.29, 0.717) is 37.1 Å². The molecular formula is C14H7Cl5N2. The smallest absolute Gasteiger partial charge is 0.129 e. The molecule has 0 radical (unpaired) electrons. The molecule has 3 rings (SSSR count). The Morgan fingerprint density at radius 2 is 1.67 bits per heavy atom. The second-order valence-electron chi connectivity index (χ2n) is 4.33. The van der Waals surface area contributed by atoms with E-state index in [9.17, 15) is 0 Å². The van der Waals surface area contributed by atoms with Gasteiger partial charge in [0.25, 0.3) is 0 Å². The number of rotatable bonds is 2. The van der Waals surface area contributed by atoms with Crippen LogP contribution in [0.1, 0.15) is 5.82 Å². The van der Waals surface area contributed by atoms with Crippen LogP contribution in [-0.4, -0.2) is 9.55 Å². The molecule has 1 heterocycles. The first kappa shape index (κ1) is 15.3. The highest BCUT2D eigenvalue weighted by atomic mass is 35.5. The minimum Gasteiger partial charge on any atom is -0.294 e. The van der Waals surface area contributed by atoms with Crippen molar-refractivity contribution in [1.82, 2.24) is 9.55 Å². The van der Waals surface area contributed by atoms with Crippen molar-refractivity contribution in [1.29, 1.82) is 0 Å². The van der Waals surface area contributed by atoms with Crippen molar-refractivity contribution < 1.29 is 0 Å². The van der Waals surface area contributed by atoms with Gasteiger partial charge in [-0.15, -0.1) is 11.6 Å². The van der Waals surface area contributed by atoms with Gasteiger partial charge in [0.15, 0.2) is 0 Å². The molecule has 0 atom stereocenters. The van der Waals surface area contributed by atoms with Crippen molar-refractivity contribution in [3.05, 3.63) is 56.2 Å². The maximum Gasteiger partial charge on any atom is 0.129 e. The SMILES string of the molecule is ClCc1nc2cc(Cl)c(Cl)cc2n1-c1cccc(Cl)c1Cl. The van der Waals surface area contributed by atoms with E-state index < -0.39 is 0 Å². The van der Waals surface area contributed by atoms with Gasteiger partial charge in [-0.05, 0) is 24.3 Å². The van der Waals surface area contributed by atoms with Crippen LogP contribution in [0.3, 0.4) is 0 Å². The molecule has 0 bridgehead atoms. The molecule has 0 saturated heterocycles. The van der Waals surface area contributed by atoms with Gasteiger partial charge in [0.05, 0.1) is 42.7 Å². The lowest BCUT2D eigenvalue weighted by atomic mass is 10.2. The summed E-state index contributed by atoms with van der Waals surface area (Å²) in [6.07, 6.45) is 0. The van der Waals surface area contributed by atoms with Crippen LogP contribution in [-0.2, 0) is 5.88 Å². The Morgan fingerprint density at radius 1 is 0.952 bits per heavy atom. The summed E-state index contributed by atoms with van der Waals surface area (Å²) in [5, 5.41) is 1.75. The van der Waals surface area contributed by atoms with E-state index in [1.54, 1.807) is 18.2 Å². The summed E-state index contributed by atoms with van der Waals surface area (Å²) in [6.45, 7) is 0. The lowest BCUT2D eigenvalue weighted by Gasteiger charge is -2.11. The van der Waals surface area contributed by atoms with Crippen molar-refractivity contribution in [3.8, 4) is 5.69 Å². The fourth-order valence-corrected chi connectivity index (χ4v) is 3.02. The van der Waals surface area contributed by atoms with Crippen LogP contribution in [0.2, 0.25) is 20.1 Å². The zero-order chi connectivity index (χ0) is 15.1. The molecule has 0 spiro atoms. The molecule has 0 fully saturated rings. The zero-order valence-electron chi connectivity index (χ0n) is 10.4. The number of fused-ring (bicyclic) bond motifs is 1. The fraction of sp³-hybridized carbons (Fsp3) is 0.0714. The van der Waals surface area contributed by atoms with Crippen LogP contribution in [0, 0.1) is 0 Å². The number of nitrogens with zero attached hydrogens (tertiary/aromatic N) is 2. The number of benzene rings is 2. The molecule has 3 aromatic rings. The van der Waals surface area contributed by atoms with E-state index in [-0.39, 0.29) is 5.88 Å². The van der Waals surface area contributed by atoms with Crippen molar-refractivity contribution in [3.63, 3.8) is 0 Å². The monoisotopic (exact) mass is 378 g/mol. The van der Waals surface area contributed by atoms with Crippen molar-refractivity contribution >= 4 is 69.0 Å². The number of alkyl halides is 1. The Bertz CT molecular complexity index is 841. The normalized spacial score (nSPS) is 11.3. The quantitative estimate of drug-likeness (QED) is 0.472. The summed E-state index contributed by atoms with van der Waals surface area (Å²) in [6, 6.07) is 8.80. The second-order valence-corrected chi connectivity index (χ2v) is 6.19. The molecule has 0 N–H and O–H groups in total. The zero-order valence-corrected chi connectivity index (χ0v) is 14.2. The van der Waals surface area contributed by atoms with Crippen molar-refractivity contribution in [2.75, 3.05) is 0 Å². The van der Waals surface area contributed by atoms with Gasteiger partial charge in [-0.3, -0.25) is 4.57 Å². The highest BCUT2D eigenvalue weighted by molar-refractivity contribution is 6.43. The molecule has 2 nitrogen and oxygen atoms in total. The number of hydrogen-bond donors (Lipinski definition) is 0. The first-order chi connectivity index (χ1) is 10.0. The largest absolute Gasteiger partial charge is 0.294 e. The number of aromatic nitrogens is 2. The summed E-state index contributed by atoms with van der Waals surface area (Å²) in [5.74, 6) is 0.849. The molecule has 7 heteroatoms. The van der Waals surface area contributed by atoms with E-state index in [1.165, 1.54) is 0 Å². The highest BCUT2D eigenvalue weighted by Gasteiger charge is 2.16. The van der Waals surface area contributed by atoms with E-state index in [4.69, 9.17) is 58.0 Å². The molecule has 1 aromatic heterocycles. The molecule has 2 aromatic carbocycles. The van der Waals surface area contributed by atoms with Gasteiger partial charge in [-0.25, -0.2) is 4.98 Å². The first-order valence-corrected chi connectivity index (χ1v) is 7.94. The van der Waals surface area contributed by atoms with Gasteiger partial charge in [-0.2, -0.15) is 0 Å². The molecule has 108 valence electrons.